The first-order valence-corrected chi connectivity index (χ1v) is 45.2. The molecule has 55 rings (SSSR count). The molecule has 0 aliphatic heterocycles. The SMILES string of the molecule is C1C2CC3C4C5C6CC7C8C9C%10C%11CC%12C%13C%14C%15C%16C%17C%18C%19C%20CC%21C%22C%23C[C@@H]%24C%23C%23C%25C%26C(C%27C%26C%26C%27C%27C%28C%29C%30C%31C1C1C%32C2C32C%323C%32C%33C%34C%35%36C%37C%38C%39C%40CC%41C%42C%43(C%44C%45C%46C%47C%48C%22C%21%20C%19%48C%18%47C%17%46C%16%45C%15%44C%14%43C%13%42C%12%41C%11%40C%10%39C9%38C8%37C7%35C6%34C5%33C4%322)C%26%27C%28C%29%36C%30C%3113)C%25C%23%24. The second kappa shape index (κ2) is 6.51. The molecule has 55 aliphatic rings. The topological polar surface area (TPSA) is 0 Å². The normalized spacial score (nSPS) is 124. The minimum absolute atomic E-state index is 0.984. The van der Waals surface area contributed by atoms with E-state index in [0.717, 1.165) is 130 Å². The first-order chi connectivity index (χ1) is 45.2. The van der Waals surface area contributed by atoms with Crippen molar-refractivity contribution in [3.05, 3.63) is 0 Å². The van der Waals surface area contributed by atoms with Crippen LogP contribution >= 0.6 is 0 Å². The zero-order valence-electron chi connectivity index (χ0n) is 51.6. The van der Waals surface area contributed by atoms with Crippen molar-refractivity contribution in [2.45, 2.75) is 44.9 Å². The van der Waals surface area contributed by atoms with Crippen molar-refractivity contribution in [1.82, 2.24) is 0 Å². The summed E-state index contributed by atoms with van der Waals surface area (Å²) < 4.78 is 0. The Labute approximate surface area is 526 Å². The Morgan fingerprint density at radius 1 is 0.143 bits per heavy atom. The van der Waals surface area contributed by atoms with Crippen LogP contribution in [0.3, 0.4) is 0 Å². The van der Waals surface area contributed by atoms with Crippen LogP contribution in [-0.4, -0.2) is 0 Å². The smallest absolute Gasteiger partial charge is 0.00592 e. The molecule has 0 aromatic heterocycles. The minimum atomic E-state index is 0.984. The molecule has 55 aliphatic carbocycles. The molecule has 0 amide bonds. The summed E-state index contributed by atoms with van der Waals surface area (Å²) in [5.74, 6) is 82.3. The fourth-order valence-corrected chi connectivity index (χ4v) is 83.4. The fraction of sp³-hybridized carbons (Fsp3) is 1.00. The Bertz CT molecular complexity index is 5540. The first-order valence-electron chi connectivity index (χ1n) is 45.2. The van der Waals surface area contributed by atoms with Crippen molar-refractivity contribution in [3.8, 4) is 0 Å². The van der Waals surface area contributed by atoms with Crippen molar-refractivity contribution in [3.63, 3.8) is 0 Å². The number of fused-ring (bicyclic) bond motifs is 32. The quantitative estimate of drug-likeness (QED) is 0.227. The molecular weight excluding hydrogens is 1090 g/mol. The molecule has 0 heteroatoms. The van der Waals surface area contributed by atoms with Crippen molar-refractivity contribution in [2.75, 3.05) is 0 Å². The average molecular weight is 1170 g/mol. The van der Waals surface area contributed by atoms with Gasteiger partial charge in [-0.05, 0) is 530 Å². The molecule has 0 radical (unpaired) electrons. The van der Waals surface area contributed by atoms with Gasteiger partial charge in [-0.2, -0.15) is 0 Å². The molecule has 84 atom stereocenters. The summed E-state index contributed by atoms with van der Waals surface area (Å²) in [6.45, 7) is 0. The molecule has 0 aromatic rings. The van der Waals surface area contributed by atoms with E-state index < -0.39 is 0 Å². The molecule has 0 aromatic carbocycles. The van der Waals surface area contributed by atoms with Crippen LogP contribution in [0.5, 0.6) is 0 Å². The van der Waals surface area contributed by atoms with Gasteiger partial charge in [0.2, 0.25) is 0 Å². The molecule has 55 fully saturated rings. The Hall–Kier alpha value is 0. The Morgan fingerprint density at radius 2 is 0.648 bits per heavy atom. The van der Waals surface area contributed by atoms with Crippen LogP contribution in [0.2, 0.25) is 0 Å². The van der Waals surface area contributed by atoms with Crippen LogP contribution in [0.1, 0.15) is 44.9 Å². The monoisotopic (exact) mass is 1170 g/mol. The van der Waals surface area contributed by atoms with Crippen LogP contribution < -0.4 is 0 Å². The van der Waals surface area contributed by atoms with E-state index >= 15 is 0 Å². The lowest BCUT2D eigenvalue weighted by molar-refractivity contribution is -0.927. The molecule has 438 valence electrons. The zero-order chi connectivity index (χ0) is 51.6. The van der Waals surface area contributed by atoms with E-state index in [1.807, 2.05) is 44.9 Å². The van der Waals surface area contributed by atoms with Crippen LogP contribution in [0.15, 0.2) is 0 Å². The van der Waals surface area contributed by atoms with E-state index in [9.17, 15) is 0 Å². The molecule has 0 N–H and O–H groups in total. The van der Waals surface area contributed by atoms with Crippen LogP contribution in [0, 0.1) is 485 Å². The third-order valence-corrected chi connectivity index (χ3v) is 70.3. The minimum Gasteiger partial charge on any atom is -0.0467 e. The van der Waals surface area contributed by atoms with E-state index in [2.05, 4.69) is 0 Å². The highest BCUT2D eigenvalue weighted by molar-refractivity contribution is 5.90. The predicted octanol–water partition coefficient (Wildman–Crippen LogP) is 10.1. The fourth-order valence-electron chi connectivity index (χ4n) is 83.4. The highest BCUT2D eigenvalue weighted by atomic mass is 15.5. The number of hydrogen-bond acceptors (Lipinski definition) is 0. The maximum atomic E-state index is 1.99. The molecule has 55 saturated carbocycles. The van der Waals surface area contributed by atoms with Gasteiger partial charge in [0, 0.05) is 0 Å². The van der Waals surface area contributed by atoms with Gasteiger partial charge in [0.05, 0.1) is 0 Å². The van der Waals surface area contributed by atoms with Gasteiger partial charge in [0.15, 0.2) is 0 Å². The van der Waals surface area contributed by atoms with Crippen molar-refractivity contribution in [2.24, 2.45) is 485 Å². The predicted molar refractivity (Wildman–Crippen MR) is 300 cm³/mol. The lowest BCUT2D eigenvalue weighted by Gasteiger charge is -3.38. The van der Waals surface area contributed by atoms with Gasteiger partial charge in [-0.25, -0.2) is 0 Å². The standard InChI is InChI=1S/C91H74/c1-8-2-14-39-38-18-6-19-43-49-40-15-5-16-41-57-55-54-52-50-37-13-4-12-22-9-3-10-21(9)24-23(10)25-26(24)28-27(25)29-30(28)44-31(29)45-33-46-32-35-11(1)36-48-34(8)74(14)83(48)67-60-66-75(18,78(38,60)84(39,67)74)90(19)86(43)64-58-42-17-7-20-61-85(41,73(16,20)72(15,17)77(40,42)81(49,58)86)91(57)87(55)65(88(61,91)70(44,45)63(33)71(46,89(64,66)90)62(32)69(35,36)83)59-56-53-51-47(22)68(12,13)76(37,51)79(50,53)80(52,56)82(54,59)87/h8-67H,1-7H2/t8?,9?,10-,11?,12?,13?,14?,15?,16?,17?,18?,19?,20?,21?,22?,23?,24?,25?,26?,27?,28?,29?,30?,31?,32?,33?,34?,35?,36?,37?,38?,39?,40?,41?,42?,43?,44?,45?,46?,47?,48?,49?,50?,51?,52?,53?,54?,55?,56?,57?,58?,59?,60?,61?,62?,63?,64?,65?,66?,67?,68?,69?,70?,71?,72?,73?,74?,75?,76?,77?,78?,79?,80?,81?,82?,83?,84?,85?,86?,87?,88?,89?,90?,91?/m1/s1. The van der Waals surface area contributed by atoms with Gasteiger partial charge in [0.25, 0.3) is 0 Å². The molecule has 4 bridgehead atoms. The average Bonchev–Trinajstić information content (AvgIpc) is 1.46. The number of hydrogen-bond donors (Lipinski definition) is 0. The van der Waals surface area contributed by atoms with Crippen molar-refractivity contribution < 1.29 is 0 Å². The largest absolute Gasteiger partial charge is 0.0467 e. The summed E-state index contributed by atoms with van der Waals surface area (Å²) in [4.78, 5) is 0. The van der Waals surface area contributed by atoms with E-state index in [-0.39, 0.29) is 0 Å². The summed E-state index contributed by atoms with van der Waals surface area (Å²) >= 11 is 0. The lowest BCUT2D eigenvalue weighted by Crippen LogP contribution is -3.36. The van der Waals surface area contributed by atoms with Crippen LogP contribution in [0.25, 0.3) is 0 Å². The second-order valence-electron chi connectivity index (χ2n) is 55.9. The van der Waals surface area contributed by atoms with Gasteiger partial charge in [0.1, 0.15) is 0 Å². The highest BCUT2D eigenvalue weighted by Crippen LogP contribution is 3.46. The van der Waals surface area contributed by atoms with Crippen molar-refractivity contribution in [1.29, 1.82) is 0 Å². The maximum Gasteiger partial charge on any atom is -0.00592 e. The molecule has 0 heterocycles. The van der Waals surface area contributed by atoms with E-state index in [1.54, 1.807) is 0 Å². The second-order valence-corrected chi connectivity index (χ2v) is 55.9. The molecular formula is C91H74. The van der Waals surface area contributed by atoms with Gasteiger partial charge >= 0.3 is 0 Å². The molecule has 83 unspecified atom stereocenters. The number of rotatable bonds is 0. The molecule has 0 nitrogen and oxygen atoms in total. The van der Waals surface area contributed by atoms with Gasteiger partial charge in [-0.15, -0.1) is 0 Å². The van der Waals surface area contributed by atoms with E-state index in [4.69, 9.17) is 0 Å². The van der Waals surface area contributed by atoms with Gasteiger partial charge < -0.3 is 0 Å². The van der Waals surface area contributed by atoms with E-state index in [1.165, 1.54) is 355 Å². The summed E-state index contributed by atoms with van der Waals surface area (Å²) in [6, 6.07) is 0. The molecule has 91 heavy (non-hydrogen) atoms. The maximum absolute atomic E-state index is 1.99. The Morgan fingerprint density at radius 3 is 1.56 bits per heavy atom. The summed E-state index contributed by atoms with van der Waals surface area (Å²) in [5, 5.41) is 0. The first kappa shape index (κ1) is 35.1. The Kier molecular flexibility index (Phi) is 2.51. The van der Waals surface area contributed by atoms with Crippen molar-refractivity contribution >= 4 is 0 Å². The molecule has 0 saturated heterocycles. The summed E-state index contributed by atoms with van der Waals surface area (Å²) in [7, 11) is 0. The van der Waals surface area contributed by atoms with Gasteiger partial charge in [-0.3, -0.25) is 0 Å². The third kappa shape index (κ3) is 1.18. The lowest BCUT2D eigenvalue weighted by atomic mass is 8.65. The molecule has 24 spiro atoms. The third-order valence-electron chi connectivity index (χ3n) is 70.3. The zero-order valence-corrected chi connectivity index (χ0v) is 51.6. The Balaban J connectivity index is 0.593. The van der Waals surface area contributed by atoms with Gasteiger partial charge in [-0.1, -0.05) is 0 Å². The summed E-state index contributed by atoms with van der Waals surface area (Å²) in [5.41, 5.74) is 24.8. The van der Waals surface area contributed by atoms with E-state index in [0.29, 0.717) is 0 Å². The van der Waals surface area contributed by atoms with Crippen LogP contribution in [-0.2, 0) is 0 Å². The highest BCUT2D eigenvalue weighted by Gasteiger charge is 3.44. The summed E-state index contributed by atoms with van der Waals surface area (Å²) in [6.07, 6.45) is 13.4. The van der Waals surface area contributed by atoms with Crippen LogP contribution in [0.4, 0.5) is 0 Å².